The van der Waals surface area contributed by atoms with Gasteiger partial charge in [0.25, 0.3) is 0 Å². The Bertz CT molecular complexity index is 510. The monoisotopic (exact) mass is 543 g/mol. The normalized spacial score (nSPS) is 11.5. The van der Waals surface area contributed by atoms with E-state index in [1.54, 1.807) is 0 Å². The summed E-state index contributed by atoms with van der Waals surface area (Å²) in [5.74, 6) is 0. The van der Waals surface area contributed by atoms with Crippen molar-refractivity contribution in [3.8, 4) is 0 Å². The highest BCUT2D eigenvalue weighted by Gasteiger charge is 1.93. The van der Waals surface area contributed by atoms with Crippen molar-refractivity contribution in [2.24, 2.45) is 9.98 Å². The zero-order valence-electron chi connectivity index (χ0n) is 26.9. The maximum absolute atomic E-state index is 4.35. The van der Waals surface area contributed by atoms with Crippen LogP contribution in [-0.2, 0) is 0 Å². The lowest BCUT2D eigenvalue weighted by atomic mass is 10.1. The van der Waals surface area contributed by atoms with E-state index in [9.17, 15) is 0 Å². The van der Waals surface area contributed by atoms with Gasteiger partial charge in [-0.05, 0) is 64.2 Å². The lowest BCUT2D eigenvalue weighted by Gasteiger charge is -1.99. The summed E-state index contributed by atoms with van der Waals surface area (Å²) >= 11 is 0. The Labute approximate surface area is 246 Å². The molecule has 0 fully saturated rings. The number of hydrogen-bond acceptors (Lipinski definition) is 2. The average Bonchev–Trinajstić information content (AvgIpc) is 2.95. The molecule has 0 radical (unpaired) electrons. The molecule has 0 N–H and O–H groups in total. The summed E-state index contributed by atoms with van der Waals surface area (Å²) in [5.41, 5.74) is 0. The molecular weight excluding hydrogens is 472 g/mol. The number of unbranched alkanes of at least 4 members (excludes halogenated alkanes) is 24. The molecule has 0 aliphatic rings. The summed E-state index contributed by atoms with van der Waals surface area (Å²) < 4.78 is 0. The van der Waals surface area contributed by atoms with Crippen molar-refractivity contribution in [1.82, 2.24) is 0 Å². The summed E-state index contributed by atoms with van der Waals surface area (Å²) in [6.07, 6.45) is 47.5. The number of aliphatic imine (C=N–C) groups is 2. The van der Waals surface area contributed by atoms with Gasteiger partial charge in [0.1, 0.15) is 0 Å². The predicted octanol–water partition coefficient (Wildman–Crippen LogP) is 13.2. The molecular formula is C37H70N2. The fourth-order valence-corrected chi connectivity index (χ4v) is 5.03. The van der Waals surface area contributed by atoms with Gasteiger partial charge in [-0.2, -0.15) is 0 Å². The second-order valence-corrected chi connectivity index (χ2v) is 11.7. The SMILES string of the molecule is CCCCCCCCC=CCCCCCCCCN=C=NCCCCCCCCC=CCCCCCCCC. The van der Waals surface area contributed by atoms with E-state index in [4.69, 9.17) is 0 Å². The maximum atomic E-state index is 4.35. The van der Waals surface area contributed by atoms with E-state index in [-0.39, 0.29) is 0 Å². The van der Waals surface area contributed by atoms with Crippen molar-refractivity contribution in [3.63, 3.8) is 0 Å². The second-order valence-electron chi connectivity index (χ2n) is 11.7. The Morgan fingerprint density at radius 1 is 0.333 bits per heavy atom. The molecule has 0 saturated carbocycles. The zero-order valence-corrected chi connectivity index (χ0v) is 26.9. The van der Waals surface area contributed by atoms with Gasteiger partial charge in [-0.3, -0.25) is 0 Å². The van der Waals surface area contributed by atoms with Gasteiger partial charge in [0.05, 0.1) is 6.01 Å². The van der Waals surface area contributed by atoms with E-state index in [0.717, 1.165) is 13.1 Å². The third kappa shape index (κ3) is 36.9. The van der Waals surface area contributed by atoms with Gasteiger partial charge < -0.3 is 0 Å². The molecule has 0 spiro atoms. The molecule has 39 heavy (non-hydrogen) atoms. The van der Waals surface area contributed by atoms with Crippen molar-refractivity contribution >= 4 is 6.01 Å². The first kappa shape index (κ1) is 37.9. The highest BCUT2D eigenvalue weighted by molar-refractivity contribution is 5.40. The van der Waals surface area contributed by atoms with Crippen LogP contribution in [0.1, 0.15) is 194 Å². The summed E-state index contributed by atoms with van der Waals surface area (Å²) in [5, 5.41) is 0. The minimum Gasteiger partial charge on any atom is -0.226 e. The van der Waals surface area contributed by atoms with Crippen LogP contribution >= 0.6 is 0 Å². The molecule has 2 nitrogen and oxygen atoms in total. The molecule has 0 bridgehead atoms. The van der Waals surface area contributed by atoms with Crippen molar-refractivity contribution < 1.29 is 0 Å². The summed E-state index contributed by atoms with van der Waals surface area (Å²) in [7, 11) is 0. The number of hydrogen-bond donors (Lipinski definition) is 0. The molecule has 0 aliphatic heterocycles. The smallest absolute Gasteiger partial charge is 0.0892 e. The lowest BCUT2D eigenvalue weighted by Crippen LogP contribution is -1.85. The standard InChI is InChI=1S/C37H70N2/c1-3-5-7-9-11-13-15-17-19-21-23-25-27-29-31-33-35-38-37-39-36-34-32-30-28-26-24-22-20-18-16-14-12-10-8-6-4-2/h17-20H,3-16,21-36H2,1-2H3. The number of rotatable bonds is 32. The Balaban J connectivity index is 3.23. The van der Waals surface area contributed by atoms with Gasteiger partial charge in [0, 0.05) is 13.1 Å². The van der Waals surface area contributed by atoms with E-state index < -0.39 is 0 Å². The highest BCUT2D eigenvalue weighted by Crippen LogP contribution is 2.11. The Morgan fingerprint density at radius 2 is 0.590 bits per heavy atom. The maximum Gasteiger partial charge on any atom is 0.0892 e. The Kier molecular flexibility index (Phi) is 35.8. The molecule has 0 unspecified atom stereocenters. The summed E-state index contributed by atoms with van der Waals surface area (Å²) in [6, 6.07) is 2.92. The number of nitrogens with zero attached hydrogens (tertiary/aromatic N) is 2. The van der Waals surface area contributed by atoms with Crippen molar-refractivity contribution in [3.05, 3.63) is 24.3 Å². The van der Waals surface area contributed by atoms with Crippen molar-refractivity contribution in [2.75, 3.05) is 13.1 Å². The molecule has 0 aromatic rings. The summed E-state index contributed by atoms with van der Waals surface area (Å²) in [4.78, 5) is 8.71. The van der Waals surface area contributed by atoms with E-state index in [0.29, 0.717) is 0 Å². The van der Waals surface area contributed by atoms with Crippen LogP contribution in [0.25, 0.3) is 0 Å². The quantitative estimate of drug-likeness (QED) is 0.0458. The van der Waals surface area contributed by atoms with Gasteiger partial charge in [-0.25, -0.2) is 9.98 Å². The van der Waals surface area contributed by atoms with Crippen LogP contribution in [0.4, 0.5) is 0 Å². The predicted molar refractivity (Wildman–Crippen MR) is 179 cm³/mol. The van der Waals surface area contributed by atoms with Gasteiger partial charge in [-0.15, -0.1) is 0 Å². The molecule has 0 atom stereocenters. The van der Waals surface area contributed by atoms with Gasteiger partial charge in [0.2, 0.25) is 0 Å². The molecule has 2 heteroatoms. The first-order valence-corrected chi connectivity index (χ1v) is 17.8. The first-order valence-electron chi connectivity index (χ1n) is 17.8. The molecule has 0 rings (SSSR count). The Morgan fingerprint density at radius 3 is 0.897 bits per heavy atom. The van der Waals surface area contributed by atoms with Crippen LogP contribution in [0, 0.1) is 0 Å². The van der Waals surface area contributed by atoms with Crippen LogP contribution in [0.5, 0.6) is 0 Å². The minimum atomic E-state index is 0.901. The molecule has 0 aliphatic carbocycles. The molecule has 0 amide bonds. The van der Waals surface area contributed by atoms with Crippen LogP contribution < -0.4 is 0 Å². The third-order valence-electron chi connectivity index (χ3n) is 7.70. The van der Waals surface area contributed by atoms with E-state index in [1.165, 1.54) is 180 Å². The zero-order chi connectivity index (χ0) is 28.2. The van der Waals surface area contributed by atoms with Crippen LogP contribution in [-0.4, -0.2) is 19.1 Å². The van der Waals surface area contributed by atoms with Gasteiger partial charge in [0.15, 0.2) is 0 Å². The number of allylic oxidation sites excluding steroid dienone is 4. The van der Waals surface area contributed by atoms with Crippen molar-refractivity contribution in [2.45, 2.75) is 194 Å². The summed E-state index contributed by atoms with van der Waals surface area (Å²) in [6.45, 7) is 6.38. The van der Waals surface area contributed by atoms with Crippen LogP contribution in [0.3, 0.4) is 0 Å². The molecule has 228 valence electrons. The molecule has 0 aromatic heterocycles. The van der Waals surface area contributed by atoms with E-state index in [2.05, 4.69) is 54.1 Å². The fourth-order valence-electron chi connectivity index (χ4n) is 5.03. The third-order valence-corrected chi connectivity index (χ3v) is 7.70. The largest absolute Gasteiger partial charge is 0.226 e. The van der Waals surface area contributed by atoms with Crippen LogP contribution in [0.15, 0.2) is 34.3 Å². The molecule has 0 aromatic carbocycles. The van der Waals surface area contributed by atoms with E-state index >= 15 is 0 Å². The second kappa shape index (κ2) is 36.9. The van der Waals surface area contributed by atoms with Gasteiger partial charge in [-0.1, -0.05) is 154 Å². The topological polar surface area (TPSA) is 24.7 Å². The lowest BCUT2D eigenvalue weighted by molar-refractivity contribution is 0.598. The highest BCUT2D eigenvalue weighted by atomic mass is 14.8. The first-order chi connectivity index (χ1) is 19.4. The molecule has 0 heterocycles. The van der Waals surface area contributed by atoms with E-state index in [1.807, 2.05) is 0 Å². The van der Waals surface area contributed by atoms with Gasteiger partial charge >= 0.3 is 0 Å². The van der Waals surface area contributed by atoms with Crippen LogP contribution in [0.2, 0.25) is 0 Å². The minimum absolute atomic E-state index is 0.901. The van der Waals surface area contributed by atoms with Crippen molar-refractivity contribution in [1.29, 1.82) is 0 Å². The molecule has 0 saturated heterocycles. The average molecular weight is 543 g/mol. The fraction of sp³-hybridized carbons (Fsp3) is 0.865. The Hall–Kier alpha value is -1.14.